The quantitative estimate of drug-likeness (QED) is 0.786. The van der Waals surface area contributed by atoms with Crippen LogP contribution in [0.4, 0.5) is 11.4 Å². The van der Waals surface area contributed by atoms with Crippen molar-refractivity contribution in [1.82, 2.24) is 0 Å². The Kier molecular flexibility index (Phi) is 4.69. The van der Waals surface area contributed by atoms with Crippen LogP contribution in [-0.4, -0.2) is 6.54 Å². The van der Waals surface area contributed by atoms with Crippen molar-refractivity contribution in [3.63, 3.8) is 0 Å². The molecule has 0 aliphatic carbocycles. The highest BCUT2D eigenvalue weighted by Crippen LogP contribution is 2.24. The molecule has 0 fully saturated rings. The number of nitrogen functional groups attached to an aromatic ring is 1. The van der Waals surface area contributed by atoms with Gasteiger partial charge in [-0.05, 0) is 36.1 Å². The van der Waals surface area contributed by atoms with Gasteiger partial charge in [-0.3, -0.25) is 0 Å². The molecular weight excluding hydrogens is 256 g/mol. The van der Waals surface area contributed by atoms with Gasteiger partial charge >= 0.3 is 0 Å². The first kappa shape index (κ1) is 13.8. The van der Waals surface area contributed by atoms with Crippen molar-refractivity contribution in [2.24, 2.45) is 0 Å². The van der Waals surface area contributed by atoms with Gasteiger partial charge in [0.05, 0.1) is 11.4 Å². The summed E-state index contributed by atoms with van der Waals surface area (Å²) in [6, 6.07) is 16.1. The first-order valence-electron chi connectivity index (χ1n) is 6.50. The number of anilines is 2. The Bertz CT molecular complexity index is 526. The summed E-state index contributed by atoms with van der Waals surface area (Å²) < 4.78 is 0. The summed E-state index contributed by atoms with van der Waals surface area (Å²) >= 11 is 5.87. The van der Waals surface area contributed by atoms with Gasteiger partial charge in [0, 0.05) is 11.6 Å². The van der Waals surface area contributed by atoms with Crippen LogP contribution in [0.1, 0.15) is 24.8 Å². The topological polar surface area (TPSA) is 38.0 Å². The number of nitrogens with two attached hydrogens (primary N) is 1. The zero-order valence-corrected chi connectivity index (χ0v) is 11.8. The molecule has 3 N–H and O–H groups in total. The van der Waals surface area contributed by atoms with Crippen molar-refractivity contribution in [3.05, 3.63) is 59.1 Å². The van der Waals surface area contributed by atoms with E-state index in [4.69, 9.17) is 17.3 Å². The molecule has 0 aromatic heterocycles. The van der Waals surface area contributed by atoms with Gasteiger partial charge in [0.1, 0.15) is 0 Å². The molecule has 0 aliphatic rings. The minimum atomic E-state index is 0.530. The Morgan fingerprint density at radius 1 is 1.16 bits per heavy atom. The molecule has 0 radical (unpaired) electrons. The summed E-state index contributed by atoms with van der Waals surface area (Å²) in [4.78, 5) is 0. The minimum absolute atomic E-state index is 0.530. The van der Waals surface area contributed by atoms with Gasteiger partial charge < -0.3 is 11.1 Å². The second-order valence-corrected chi connectivity index (χ2v) is 5.20. The summed E-state index contributed by atoms with van der Waals surface area (Å²) in [5.74, 6) is 0.530. The highest BCUT2D eigenvalue weighted by Gasteiger charge is 2.05. The lowest BCUT2D eigenvalue weighted by molar-refractivity contribution is 0.706. The van der Waals surface area contributed by atoms with Crippen LogP contribution in [0.5, 0.6) is 0 Å². The Morgan fingerprint density at radius 2 is 1.89 bits per heavy atom. The van der Waals surface area contributed by atoms with E-state index in [1.165, 1.54) is 5.56 Å². The van der Waals surface area contributed by atoms with Crippen LogP contribution in [-0.2, 0) is 0 Å². The lowest BCUT2D eigenvalue weighted by Crippen LogP contribution is -2.07. The molecule has 1 atom stereocenters. The van der Waals surface area contributed by atoms with Gasteiger partial charge in [-0.25, -0.2) is 0 Å². The van der Waals surface area contributed by atoms with Crippen LogP contribution < -0.4 is 11.1 Å². The molecular formula is C16H19ClN2. The summed E-state index contributed by atoms with van der Waals surface area (Å²) in [6.07, 6.45) is 1.06. The largest absolute Gasteiger partial charge is 0.397 e. The Morgan fingerprint density at radius 3 is 2.58 bits per heavy atom. The molecule has 0 bridgehead atoms. The summed E-state index contributed by atoms with van der Waals surface area (Å²) in [6.45, 7) is 3.13. The van der Waals surface area contributed by atoms with Crippen LogP contribution in [0.25, 0.3) is 0 Å². The van der Waals surface area contributed by atoms with Gasteiger partial charge in [0.25, 0.3) is 0 Å². The molecule has 0 amide bonds. The fourth-order valence-electron chi connectivity index (χ4n) is 2.07. The molecule has 100 valence electrons. The van der Waals surface area contributed by atoms with Crippen molar-refractivity contribution in [1.29, 1.82) is 0 Å². The maximum Gasteiger partial charge on any atom is 0.0574 e. The molecule has 0 saturated carbocycles. The molecule has 1 unspecified atom stereocenters. The van der Waals surface area contributed by atoms with Gasteiger partial charge in [-0.15, -0.1) is 0 Å². The highest BCUT2D eigenvalue weighted by molar-refractivity contribution is 6.31. The number of nitrogens with one attached hydrogen (secondary N) is 1. The van der Waals surface area contributed by atoms with E-state index in [2.05, 4.69) is 36.5 Å². The van der Waals surface area contributed by atoms with Crippen molar-refractivity contribution >= 4 is 23.0 Å². The van der Waals surface area contributed by atoms with Crippen LogP contribution in [0.15, 0.2) is 48.5 Å². The van der Waals surface area contributed by atoms with Crippen LogP contribution in [0.3, 0.4) is 0 Å². The monoisotopic (exact) mass is 274 g/mol. The van der Waals surface area contributed by atoms with E-state index >= 15 is 0 Å². The molecule has 0 aliphatic heterocycles. The Balaban J connectivity index is 1.86. The molecule has 0 heterocycles. The van der Waals surface area contributed by atoms with E-state index in [9.17, 15) is 0 Å². The lowest BCUT2D eigenvalue weighted by atomic mass is 9.98. The summed E-state index contributed by atoms with van der Waals surface area (Å²) in [5.41, 5.74) is 8.91. The second-order valence-electron chi connectivity index (χ2n) is 4.76. The van der Waals surface area contributed by atoms with Crippen molar-refractivity contribution in [2.45, 2.75) is 19.3 Å². The highest BCUT2D eigenvalue weighted by atomic mass is 35.5. The van der Waals surface area contributed by atoms with Gasteiger partial charge in [-0.2, -0.15) is 0 Å². The number of rotatable bonds is 5. The third-order valence-electron chi connectivity index (χ3n) is 3.28. The third kappa shape index (κ3) is 3.90. The van der Waals surface area contributed by atoms with Crippen LogP contribution in [0.2, 0.25) is 5.02 Å². The van der Waals surface area contributed by atoms with E-state index in [-0.39, 0.29) is 0 Å². The van der Waals surface area contributed by atoms with Crippen molar-refractivity contribution < 1.29 is 0 Å². The molecule has 2 aromatic rings. The molecule has 0 spiro atoms. The van der Waals surface area contributed by atoms with E-state index in [0.29, 0.717) is 16.6 Å². The Labute approximate surface area is 119 Å². The average molecular weight is 275 g/mol. The second kappa shape index (κ2) is 6.48. The zero-order chi connectivity index (χ0) is 13.7. The number of halogens is 1. The molecule has 2 aromatic carbocycles. The van der Waals surface area contributed by atoms with Crippen LogP contribution >= 0.6 is 11.6 Å². The normalized spacial score (nSPS) is 12.1. The summed E-state index contributed by atoms with van der Waals surface area (Å²) in [7, 11) is 0. The maximum absolute atomic E-state index is 5.90. The van der Waals surface area contributed by atoms with E-state index in [1.54, 1.807) is 6.07 Å². The predicted molar refractivity (Wildman–Crippen MR) is 83.8 cm³/mol. The van der Waals surface area contributed by atoms with Gasteiger partial charge in [0.15, 0.2) is 0 Å². The molecule has 0 saturated heterocycles. The fourth-order valence-corrected chi connectivity index (χ4v) is 2.25. The zero-order valence-electron chi connectivity index (χ0n) is 11.1. The van der Waals surface area contributed by atoms with E-state index in [1.807, 2.05) is 18.2 Å². The molecule has 2 rings (SSSR count). The Hall–Kier alpha value is -1.67. The predicted octanol–water partition coefficient (Wildman–Crippen LogP) is 4.53. The number of benzene rings is 2. The fraction of sp³-hybridized carbons (Fsp3) is 0.250. The lowest BCUT2D eigenvalue weighted by Gasteiger charge is -2.14. The van der Waals surface area contributed by atoms with Gasteiger partial charge in [0.2, 0.25) is 0 Å². The third-order valence-corrected chi connectivity index (χ3v) is 3.51. The first-order valence-corrected chi connectivity index (χ1v) is 6.88. The summed E-state index contributed by atoms with van der Waals surface area (Å²) in [5, 5.41) is 4.02. The van der Waals surface area contributed by atoms with E-state index in [0.717, 1.165) is 18.7 Å². The standard InChI is InChI=1S/C16H19ClN2/c1-12(13-5-3-2-4-6-13)9-10-19-16-8-7-14(17)11-15(16)18/h2-8,11-12,19H,9-10,18H2,1H3. The number of hydrogen-bond acceptors (Lipinski definition) is 2. The van der Waals surface area contributed by atoms with Gasteiger partial charge in [-0.1, -0.05) is 48.9 Å². The minimum Gasteiger partial charge on any atom is -0.397 e. The van der Waals surface area contributed by atoms with E-state index < -0.39 is 0 Å². The van der Waals surface area contributed by atoms with Crippen molar-refractivity contribution in [3.8, 4) is 0 Å². The van der Waals surface area contributed by atoms with Crippen molar-refractivity contribution in [2.75, 3.05) is 17.6 Å². The SMILES string of the molecule is CC(CCNc1ccc(Cl)cc1N)c1ccccc1. The molecule has 19 heavy (non-hydrogen) atoms. The average Bonchev–Trinajstić information content (AvgIpc) is 2.42. The van der Waals surface area contributed by atoms with Crippen LogP contribution in [0, 0.1) is 0 Å². The molecule has 3 heteroatoms. The maximum atomic E-state index is 5.90. The number of hydrogen-bond donors (Lipinski definition) is 2. The molecule has 2 nitrogen and oxygen atoms in total. The smallest absolute Gasteiger partial charge is 0.0574 e. The first-order chi connectivity index (χ1) is 9.16.